The van der Waals surface area contributed by atoms with Crippen LogP contribution in [0.5, 0.6) is 5.75 Å². The molecule has 0 aliphatic rings. The number of rotatable bonds is 7. The molecule has 1 amide bonds. The number of nitrogens with one attached hydrogen (secondary N) is 2. The van der Waals surface area contributed by atoms with Crippen molar-refractivity contribution < 1.29 is 9.53 Å². The van der Waals surface area contributed by atoms with Crippen LogP contribution in [-0.2, 0) is 11.3 Å². The predicted molar refractivity (Wildman–Crippen MR) is 102 cm³/mol. The number of guanidine groups is 1. The van der Waals surface area contributed by atoms with Gasteiger partial charge in [0, 0.05) is 12.1 Å². The van der Waals surface area contributed by atoms with Crippen LogP contribution >= 0.6 is 0 Å². The topological polar surface area (TPSA) is 88.7 Å². The predicted octanol–water partition coefficient (Wildman–Crippen LogP) is 3.36. The van der Waals surface area contributed by atoms with Crippen molar-refractivity contribution in [2.24, 2.45) is 10.7 Å². The first-order valence-corrected chi connectivity index (χ1v) is 8.21. The highest BCUT2D eigenvalue weighted by Gasteiger charge is 2.04. The Bertz CT molecular complexity index is 744. The van der Waals surface area contributed by atoms with Gasteiger partial charge in [0.15, 0.2) is 5.96 Å². The Morgan fingerprint density at radius 3 is 2.72 bits per heavy atom. The standard InChI is InChI=1S/C19H24N4O2/c1-3-7-18(24)22-15-9-6-8-14(12-15)13-21-19(20)23-16-10-4-5-11-17(16)25-2/h4-6,8-12H,3,7,13H2,1-2H3,(H,22,24)(H3,20,21,23). The molecule has 2 rings (SSSR count). The third kappa shape index (κ3) is 5.84. The molecule has 0 aliphatic heterocycles. The van der Waals surface area contributed by atoms with Crippen LogP contribution in [0.4, 0.5) is 11.4 Å². The van der Waals surface area contributed by atoms with Gasteiger partial charge in [-0.2, -0.15) is 0 Å². The van der Waals surface area contributed by atoms with Gasteiger partial charge in [-0.05, 0) is 36.2 Å². The minimum Gasteiger partial charge on any atom is -0.495 e. The van der Waals surface area contributed by atoms with Gasteiger partial charge in [-0.1, -0.05) is 31.2 Å². The molecule has 2 aromatic rings. The van der Waals surface area contributed by atoms with E-state index in [1.54, 1.807) is 7.11 Å². The second-order valence-electron chi connectivity index (χ2n) is 5.53. The minimum atomic E-state index is 0.0144. The van der Waals surface area contributed by atoms with Gasteiger partial charge in [-0.15, -0.1) is 0 Å². The quantitative estimate of drug-likeness (QED) is 0.532. The van der Waals surface area contributed by atoms with Gasteiger partial charge in [0.1, 0.15) is 5.75 Å². The lowest BCUT2D eigenvalue weighted by molar-refractivity contribution is -0.116. The molecule has 0 fully saturated rings. The highest BCUT2D eigenvalue weighted by atomic mass is 16.5. The van der Waals surface area contributed by atoms with Gasteiger partial charge in [-0.25, -0.2) is 4.99 Å². The summed E-state index contributed by atoms with van der Waals surface area (Å²) in [4.78, 5) is 16.0. The Kier molecular flexibility index (Phi) is 6.83. The lowest BCUT2D eigenvalue weighted by atomic mass is 10.2. The van der Waals surface area contributed by atoms with E-state index < -0.39 is 0 Å². The summed E-state index contributed by atoms with van der Waals surface area (Å²) in [5.74, 6) is 1.01. The fourth-order valence-corrected chi connectivity index (χ4v) is 2.30. The number of nitrogens with zero attached hydrogens (tertiary/aromatic N) is 1. The average molecular weight is 340 g/mol. The Hall–Kier alpha value is -3.02. The van der Waals surface area contributed by atoms with Crippen molar-refractivity contribution >= 4 is 23.2 Å². The van der Waals surface area contributed by atoms with Gasteiger partial charge in [0.05, 0.1) is 19.3 Å². The molecule has 0 heterocycles. The first-order valence-electron chi connectivity index (χ1n) is 8.21. The molecule has 0 atom stereocenters. The van der Waals surface area contributed by atoms with Gasteiger partial charge in [0.2, 0.25) is 5.91 Å². The van der Waals surface area contributed by atoms with E-state index in [-0.39, 0.29) is 5.91 Å². The highest BCUT2D eigenvalue weighted by molar-refractivity contribution is 5.93. The summed E-state index contributed by atoms with van der Waals surface area (Å²) in [6, 6.07) is 15.1. The number of aliphatic imine (C=N–C) groups is 1. The maximum atomic E-state index is 11.7. The molecule has 132 valence electrons. The summed E-state index contributed by atoms with van der Waals surface area (Å²) < 4.78 is 5.27. The van der Waals surface area contributed by atoms with Crippen molar-refractivity contribution in [3.63, 3.8) is 0 Å². The zero-order valence-electron chi connectivity index (χ0n) is 14.6. The molecule has 0 saturated carbocycles. The number of ether oxygens (including phenoxy) is 1. The van der Waals surface area contributed by atoms with Crippen molar-refractivity contribution in [1.29, 1.82) is 0 Å². The van der Waals surface area contributed by atoms with Gasteiger partial charge >= 0.3 is 0 Å². The third-order valence-corrected chi connectivity index (χ3v) is 3.49. The van der Waals surface area contributed by atoms with E-state index in [1.807, 2.05) is 55.5 Å². The fraction of sp³-hybridized carbons (Fsp3) is 0.263. The first kappa shape index (κ1) is 18.3. The van der Waals surface area contributed by atoms with Crippen LogP contribution in [0, 0.1) is 0 Å². The van der Waals surface area contributed by atoms with Crippen molar-refractivity contribution in [1.82, 2.24) is 0 Å². The SMILES string of the molecule is CCCC(=O)Nc1cccc(CN=C(N)Nc2ccccc2OC)c1. The van der Waals surface area contributed by atoms with Crippen LogP contribution in [0.15, 0.2) is 53.5 Å². The Labute approximate surface area is 148 Å². The maximum absolute atomic E-state index is 11.7. The van der Waals surface area contributed by atoms with E-state index in [0.29, 0.717) is 24.7 Å². The molecule has 0 aromatic heterocycles. The van der Waals surface area contributed by atoms with Crippen LogP contribution in [0.25, 0.3) is 0 Å². The van der Waals surface area contributed by atoms with Crippen molar-refractivity contribution in [3.8, 4) is 5.75 Å². The monoisotopic (exact) mass is 340 g/mol. The first-order chi connectivity index (χ1) is 12.1. The van der Waals surface area contributed by atoms with Crippen molar-refractivity contribution in [2.45, 2.75) is 26.3 Å². The molecular formula is C19H24N4O2. The molecule has 0 saturated heterocycles. The Morgan fingerprint density at radius 1 is 1.16 bits per heavy atom. The second kappa shape index (κ2) is 9.32. The molecule has 25 heavy (non-hydrogen) atoms. The summed E-state index contributed by atoms with van der Waals surface area (Å²) in [6.45, 7) is 2.38. The van der Waals surface area contributed by atoms with Crippen LogP contribution in [0.1, 0.15) is 25.3 Å². The maximum Gasteiger partial charge on any atom is 0.224 e. The molecule has 0 radical (unpaired) electrons. The van der Waals surface area contributed by atoms with E-state index in [0.717, 1.165) is 23.4 Å². The van der Waals surface area contributed by atoms with E-state index >= 15 is 0 Å². The number of methoxy groups -OCH3 is 1. The summed E-state index contributed by atoms with van der Waals surface area (Å²) in [5.41, 5.74) is 8.43. The van der Waals surface area contributed by atoms with Crippen LogP contribution in [0.3, 0.4) is 0 Å². The third-order valence-electron chi connectivity index (χ3n) is 3.49. The largest absolute Gasteiger partial charge is 0.495 e. The summed E-state index contributed by atoms with van der Waals surface area (Å²) in [6.07, 6.45) is 1.33. The molecule has 0 unspecified atom stereocenters. The van der Waals surface area contributed by atoms with Crippen LogP contribution in [0.2, 0.25) is 0 Å². The van der Waals surface area contributed by atoms with E-state index in [1.165, 1.54) is 0 Å². The number of anilines is 2. The molecule has 2 aromatic carbocycles. The molecule has 0 bridgehead atoms. The molecule has 6 nitrogen and oxygen atoms in total. The summed E-state index contributed by atoms with van der Waals surface area (Å²) >= 11 is 0. The normalized spacial score (nSPS) is 11.0. The summed E-state index contributed by atoms with van der Waals surface area (Å²) in [5, 5.41) is 5.90. The van der Waals surface area contributed by atoms with Gasteiger partial charge < -0.3 is 21.1 Å². The number of nitrogens with two attached hydrogens (primary N) is 1. The van der Waals surface area contributed by atoms with Crippen LogP contribution in [-0.4, -0.2) is 19.0 Å². The molecule has 0 spiro atoms. The fourth-order valence-electron chi connectivity index (χ4n) is 2.30. The summed E-state index contributed by atoms with van der Waals surface area (Å²) in [7, 11) is 1.60. The Balaban J connectivity index is 1.99. The smallest absolute Gasteiger partial charge is 0.224 e. The van der Waals surface area contributed by atoms with E-state index in [2.05, 4.69) is 15.6 Å². The number of amides is 1. The number of para-hydroxylation sites is 2. The lowest BCUT2D eigenvalue weighted by Crippen LogP contribution is -2.22. The Morgan fingerprint density at radius 2 is 1.96 bits per heavy atom. The number of benzene rings is 2. The second-order valence-corrected chi connectivity index (χ2v) is 5.53. The zero-order valence-corrected chi connectivity index (χ0v) is 14.6. The van der Waals surface area contributed by atoms with Crippen LogP contribution < -0.4 is 21.1 Å². The molecular weight excluding hydrogens is 316 g/mol. The van der Waals surface area contributed by atoms with E-state index in [9.17, 15) is 4.79 Å². The lowest BCUT2D eigenvalue weighted by Gasteiger charge is -2.10. The highest BCUT2D eigenvalue weighted by Crippen LogP contribution is 2.22. The van der Waals surface area contributed by atoms with Gasteiger partial charge in [-0.3, -0.25) is 4.79 Å². The number of carbonyl (C=O) groups excluding carboxylic acids is 1. The van der Waals surface area contributed by atoms with E-state index in [4.69, 9.17) is 10.5 Å². The molecule has 4 N–H and O–H groups in total. The van der Waals surface area contributed by atoms with Gasteiger partial charge in [0.25, 0.3) is 0 Å². The number of carbonyl (C=O) groups is 1. The zero-order chi connectivity index (χ0) is 18.1. The van der Waals surface area contributed by atoms with Crippen molar-refractivity contribution in [3.05, 3.63) is 54.1 Å². The average Bonchev–Trinajstić information content (AvgIpc) is 2.61. The molecule has 6 heteroatoms. The van der Waals surface area contributed by atoms with Crippen molar-refractivity contribution in [2.75, 3.05) is 17.7 Å². The molecule has 0 aliphatic carbocycles. The number of hydrogen-bond acceptors (Lipinski definition) is 3. The minimum absolute atomic E-state index is 0.0144. The number of hydrogen-bond donors (Lipinski definition) is 3.